The van der Waals surface area contributed by atoms with Gasteiger partial charge in [-0.15, -0.1) is 0 Å². The van der Waals surface area contributed by atoms with Crippen LogP contribution in [0.1, 0.15) is 42.4 Å². The van der Waals surface area contributed by atoms with E-state index in [1.54, 1.807) is 6.92 Å². The lowest BCUT2D eigenvalue weighted by molar-refractivity contribution is -0.116. The zero-order valence-electron chi connectivity index (χ0n) is 11.2. The molecule has 1 heterocycles. The van der Waals surface area contributed by atoms with Crippen LogP contribution in [-0.4, -0.2) is 12.5 Å². The highest BCUT2D eigenvalue weighted by atomic mass is 16.2. The number of nitrogens with zero attached hydrogens (tertiary/aromatic N) is 2. The average Bonchev–Trinajstić information content (AvgIpc) is 2.65. The van der Waals surface area contributed by atoms with Gasteiger partial charge in [-0.3, -0.25) is 4.79 Å². The molecule has 0 N–H and O–H groups in total. The van der Waals surface area contributed by atoms with Gasteiger partial charge in [-0.05, 0) is 43.0 Å². The Labute approximate surface area is 108 Å². The molecule has 1 aliphatic heterocycles. The van der Waals surface area contributed by atoms with E-state index in [0.717, 1.165) is 18.7 Å². The van der Waals surface area contributed by atoms with Crippen LogP contribution in [0.3, 0.4) is 0 Å². The first kappa shape index (κ1) is 12.6. The number of benzene rings is 1. The minimum absolute atomic E-state index is 0.0840. The highest BCUT2D eigenvalue weighted by Gasteiger charge is 2.31. The summed E-state index contributed by atoms with van der Waals surface area (Å²) < 4.78 is 0. The van der Waals surface area contributed by atoms with E-state index in [0.29, 0.717) is 12.3 Å². The summed E-state index contributed by atoms with van der Waals surface area (Å²) >= 11 is 0. The van der Waals surface area contributed by atoms with Crippen molar-refractivity contribution in [2.45, 2.75) is 39.5 Å². The average molecular weight is 242 g/mol. The number of anilines is 1. The fraction of sp³-hybridized carbons (Fsp3) is 0.467. The smallest absolute Gasteiger partial charge is 0.223 e. The summed E-state index contributed by atoms with van der Waals surface area (Å²) in [6, 6.07) is 6.43. The molecule has 3 nitrogen and oxygen atoms in total. The number of nitriles is 1. The molecule has 1 unspecified atom stereocenters. The van der Waals surface area contributed by atoms with Crippen LogP contribution in [0.2, 0.25) is 0 Å². The van der Waals surface area contributed by atoms with Crippen LogP contribution in [0.5, 0.6) is 0 Å². The normalized spacial score (nSPS) is 17.4. The van der Waals surface area contributed by atoms with Crippen LogP contribution in [-0.2, 0) is 4.79 Å². The standard InChI is InChI=1S/C15H18N2O/c1-10-7-11(2)15-13(5-4-6-16)9-17(12(3)18)14(15)8-10/h7-8,13H,4-5,9H2,1-3H3. The zero-order chi connectivity index (χ0) is 13.3. The van der Waals surface area contributed by atoms with Gasteiger partial charge in [0.2, 0.25) is 5.91 Å². The molecule has 3 heteroatoms. The summed E-state index contributed by atoms with van der Waals surface area (Å²) in [7, 11) is 0. The van der Waals surface area contributed by atoms with Crippen molar-refractivity contribution in [1.29, 1.82) is 5.26 Å². The van der Waals surface area contributed by atoms with E-state index in [-0.39, 0.29) is 5.91 Å². The van der Waals surface area contributed by atoms with Gasteiger partial charge in [-0.1, -0.05) is 6.07 Å². The lowest BCUT2D eigenvalue weighted by Gasteiger charge is -2.15. The number of fused-ring (bicyclic) bond motifs is 1. The van der Waals surface area contributed by atoms with Gasteiger partial charge in [0.25, 0.3) is 0 Å². The second kappa shape index (κ2) is 4.81. The number of carbonyl (C=O) groups is 1. The molecular formula is C15H18N2O. The van der Waals surface area contributed by atoms with Crippen molar-refractivity contribution in [3.63, 3.8) is 0 Å². The molecule has 2 rings (SSSR count). The molecule has 0 radical (unpaired) electrons. The van der Waals surface area contributed by atoms with Crippen molar-refractivity contribution in [2.24, 2.45) is 0 Å². The predicted octanol–water partition coefficient (Wildman–Crippen LogP) is 3.06. The molecular weight excluding hydrogens is 224 g/mol. The van der Waals surface area contributed by atoms with Crippen molar-refractivity contribution in [1.82, 2.24) is 0 Å². The molecule has 0 fully saturated rings. The van der Waals surface area contributed by atoms with Gasteiger partial charge in [0, 0.05) is 31.5 Å². The fourth-order valence-corrected chi connectivity index (χ4v) is 2.89. The molecule has 0 bridgehead atoms. The first-order chi connectivity index (χ1) is 8.54. The second-order valence-corrected chi connectivity index (χ2v) is 5.04. The molecule has 1 aliphatic rings. The maximum atomic E-state index is 11.7. The van der Waals surface area contributed by atoms with Gasteiger partial charge in [0.05, 0.1) is 6.07 Å². The van der Waals surface area contributed by atoms with Crippen molar-refractivity contribution in [3.8, 4) is 6.07 Å². The van der Waals surface area contributed by atoms with Gasteiger partial charge in [-0.2, -0.15) is 5.26 Å². The predicted molar refractivity (Wildman–Crippen MR) is 71.5 cm³/mol. The number of aryl methyl sites for hydroxylation is 2. The summed E-state index contributed by atoms with van der Waals surface area (Å²) in [5, 5.41) is 8.73. The number of amides is 1. The van der Waals surface area contributed by atoms with E-state index in [4.69, 9.17) is 5.26 Å². The molecule has 0 aliphatic carbocycles. The monoisotopic (exact) mass is 242 g/mol. The van der Waals surface area contributed by atoms with E-state index < -0.39 is 0 Å². The molecule has 0 spiro atoms. The Bertz CT molecular complexity index is 528. The van der Waals surface area contributed by atoms with E-state index in [2.05, 4.69) is 25.1 Å². The summed E-state index contributed by atoms with van der Waals surface area (Å²) in [6.45, 7) is 6.47. The molecule has 0 saturated carbocycles. The Kier molecular flexibility index (Phi) is 3.38. The number of rotatable bonds is 2. The molecule has 1 amide bonds. The van der Waals surface area contributed by atoms with E-state index in [1.807, 2.05) is 11.8 Å². The van der Waals surface area contributed by atoms with Crippen molar-refractivity contribution in [2.75, 3.05) is 11.4 Å². The molecule has 0 aromatic heterocycles. The molecule has 1 atom stereocenters. The maximum absolute atomic E-state index is 11.7. The van der Waals surface area contributed by atoms with Gasteiger partial charge in [-0.25, -0.2) is 0 Å². The zero-order valence-corrected chi connectivity index (χ0v) is 11.2. The van der Waals surface area contributed by atoms with Gasteiger partial charge in [0.1, 0.15) is 0 Å². The van der Waals surface area contributed by atoms with Crippen LogP contribution >= 0.6 is 0 Å². The second-order valence-electron chi connectivity index (χ2n) is 5.04. The number of hydrogen-bond donors (Lipinski definition) is 0. The van der Waals surface area contributed by atoms with Crippen molar-refractivity contribution < 1.29 is 4.79 Å². The molecule has 0 saturated heterocycles. The molecule has 1 aromatic carbocycles. The third-order valence-corrected chi connectivity index (χ3v) is 3.60. The Morgan fingerprint density at radius 2 is 2.22 bits per heavy atom. The van der Waals surface area contributed by atoms with Crippen LogP contribution < -0.4 is 4.90 Å². The van der Waals surface area contributed by atoms with E-state index >= 15 is 0 Å². The summed E-state index contributed by atoms with van der Waals surface area (Å²) in [4.78, 5) is 13.6. The Balaban J connectivity index is 2.45. The Hall–Kier alpha value is -1.82. The Morgan fingerprint density at radius 3 is 2.83 bits per heavy atom. The summed E-state index contributed by atoms with van der Waals surface area (Å²) in [5.74, 6) is 0.393. The quantitative estimate of drug-likeness (QED) is 0.800. The third kappa shape index (κ3) is 2.11. The van der Waals surface area contributed by atoms with Crippen LogP contribution in [0.15, 0.2) is 12.1 Å². The van der Waals surface area contributed by atoms with Crippen LogP contribution in [0.4, 0.5) is 5.69 Å². The molecule has 94 valence electrons. The van der Waals surface area contributed by atoms with Gasteiger partial charge in [0.15, 0.2) is 0 Å². The highest BCUT2D eigenvalue weighted by Crippen LogP contribution is 2.41. The maximum Gasteiger partial charge on any atom is 0.223 e. The SMILES string of the molecule is CC(=O)N1CC(CCC#N)c2c(C)cc(C)cc21. The van der Waals surface area contributed by atoms with Crippen molar-refractivity contribution in [3.05, 3.63) is 28.8 Å². The summed E-state index contributed by atoms with van der Waals surface area (Å²) in [5.41, 5.74) is 4.71. The topological polar surface area (TPSA) is 44.1 Å². The molecule has 1 aromatic rings. The number of carbonyl (C=O) groups excluding carboxylic acids is 1. The fourth-order valence-electron chi connectivity index (χ4n) is 2.89. The van der Waals surface area contributed by atoms with Crippen LogP contribution in [0.25, 0.3) is 0 Å². The highest BCUT2D eigenvalue weighted by molar-refractivity contribution is 5.94. The van der Waals surface area contributed by atoms with E-state index in [1.165, 1.54) is 16.7 Å². The van der Waals surface area contributed by atoms with Gasteiger partial charge >= 0.3 is 0 Å². The molecule has 18 heavy (non-hydrogen) atoms. The first-order valence-electron chi connectivity index (χ1n) is 6.30. The third-order valence-electron chi connectivity index (χ3n) is 3.60. The minimum atomic E-state index is 0.0840. The van der Waals surface area contributed by atoms with Gasteiger partial charge < -0.3 is 4.90 Å². The van der Waals surface area contributed by atoms with Crippen LogP contribution in [0, 0.1) is 25.2 Å². The minimum Gasteiger partial charge on any atom is -0.312 e. The Morgan fingerprint density at radius 1 is 1.50 bits per heavy atom. The lowest BCUT2D eigenvalue weighted by atomic mass is 9.92. The van der Waals surface area contributed by atoms with Crippen molar-refractivity contribution >= 4 is 11.6 Å². The summed E-state index contributed by atoms with van der Waals surface area (Å²) in [6.07, 6.45) is 1.38. The largest absolute Gasteiger partial charge is 0.312 e. The van der Waals surface area contributed by atoms with E-state index in [9.17, 15) is 4.79 Å². The lowest BCUT2D eigenvalue weighted by Crippen LogP contribution is -2.27. The first-order valence-corrected chi connectivity index (χ1v) is 6.30. The number of hydrogen-bond acceptors (Lipinski definition) is 2.